The maximum atomic E-state index is 4.87. The molecular weight excluding hydrogens is 126 g/mol. The third-order valence-corrected chi connectivity index (χ3v) is 0.885. The molecule has 1 aromatic heterocycles. The molecule has 0 saturated carbocycles. The highest BCUT2D eigenvalue weighted by Crippen LogP contribution is 2.03. The largest absolute Gasteiger partial charge is 0.497 e. The van der Waals surface area contributed by atoms with Gasteiger partial charge in [-0.2, -0.15) is 0 Å². The molecule has 2 nitrogen and oxygen atoms in total. The Labute approximate surface area is 61.9 Å². The van der Waals surface area contributed by atoms with E-state index in [0.29, 0.717) is 0 Å². The second kappa shape index (κ2) is 6.08. The summed E-state index contributed by atoms with van der Waals surface area (Å²) < 4.78 is 4.87. The summed E-state index contributed by atoms with van der Waals surface area (Å²) in [5, 5.41) is 0. The molecule has 1 rings (SSSR count). The van der Waals surface area contributed by atoms with E-state index in [1.807, 2.05) is 13.8 Å². The minimum absolute atomic E-state index is 0.847. The quantitative estimate of drug-likeness (QED) is 0.594. The first-order valence-electron chi connectivity index (χ1n) is 3.37. The maximum absolute atomic E-state index is 4.87. The van der Waals surface area contributed by atoms with Gasteiger partial charge in [-0.15, -0.1) is 0 Å². The van der Waals surface area contributed by atoms with Crippen LogP contribution in [0.2, 0.25) is 0 Å². The molecule has 0 aliphatic carbocycles. The lowest BCUT2D eigenvalue weighted by Gasteiger charge is -1.93. The average Bonchev–Trinajstić information content (AvgIpc) is 2.10. The van der Waals surface area contributed by atoms with Crippen molar-refractivity contribution in [1.82, 2.24) is 4.98 Å². The summed E-state index contributed by atoms with van der Waals surface area (Å²) in [7, 11) is 1.63. The van der Waals surface area contributed by atoms with Crippen LogP contribution >= 0.6 is 0 Å². The van der Waals surface area contributed by atoms with Crippen LogP contribution in [0.25, 0.3) is 0 Å². The second-order valence-electron chi connectivity index (χ2n) is 1.39. The van der Waals surface area contributed by atoms with Gasteiger partial charge in [-0.1, -0.05) is 13.8 Å². The van der Waals surface area contributed by atoms with Gasteiger partial charge in [0.25, 0.3) is 0 Å². The van der Waals surface area contributed by atoms with Gasteiger partial charge >= 0.3 is 0 Å². The van der Waals surface area contributed by atoms with Crippen molar-refractivity contribution in [2.75, 3.05) is 7.11 Å². The number of hydrogen-bond acceptors (Lipinski definition) is 2. The van der Waals surface area contributed by atoms with E-state index in [2.05, 4.69) is 4.98 Å². The molecule has 0 aliphatic heterocycles. The summed E-state index contributed by atoms with van der Waals surface area (Å²) in [6, 6.07) is 3.61. The molecule has 56 valence electrons. The Bertz CT molecular complexity index is 151. The normalized spacial score (nSPS) is 7.50. The lowest BCUT2D eigenvalue weighted by molar-refractivity contribution is 0.414. The monoisotopic (exact) mass is 139 g/mol. The Morgan fingerprint density at radius 2 is 1.70 bits per heavy atom. The van der Waals surface area contributed by atoms with Crippen molar-refractivity contribution in [2.24, 2.45) is 0 Å². The predicted molar refractivity (Wildman–Crippen MR) is 42.1 cm³/mol. The standard InChI is InChI=1S/C6H7NO.C2H6/c1-8-6-2-4-7-5-3-6;1-2/h2-5H,1H3;1-2H3. The van der Waals surface area contributed by atoms with Gasteiger partial charge in [0.1, 0.15) is 5.75 Å². The minimum Gasteiger partial charge on any atom is -0.497 e. The van der Waals surface area contributed by atoms with E-state index in [4.69, 9.17) is 4.74 Å². The predicted octanol–water partition coefficient (Wildman–Crippen LogP) is 2.12. The first-order valence-corrected chi connectivity index (χ1v) is 3.37. The average molecular weight is 139 g/mol. The molecular formula is C8H13NO. The zero-order valence-corrected chi connectivity index (χ0v) is 6.66. The molecule has 0 aliphatic rings. The van der Waals surface area contributed by atoms with Crippen molar-refractivity contribution < 1.29 is 4.74 Å². The first kappa shape index (κ1) is 8.95. The SMILES string of the molecule is CC.COc1ccncc1. The number of rotatable bonds is 1. The summed E-state index contributed by atoms with van der Waals surface area (Å²) in [6.45, 7) is 4.00. The molecule has 0 bridgehead atoms. The fourth-order valence-electron chi connectivity index (χ4n) is 0.474. The van der Waals surface area contributed by atoms with Crippen LogP contribution in [0.15, 0.2) is 24.5 Å². The molecule has 0 unspecified atom stereocenters. The van der Waals surface area contributed by atoms with Gasteiger partial charge in [-0.3, -0.25) is 4.98 Å². The molecule has 0 saturated heterocycles. The number of nitrogens with zero attached hydrogens (tertiary/aromatic N) is 1. The lowest BCUT2D eigenvalue weighted by atomic mass is 10.5. The summed E-state index contributed by atoms with van der Waals surface area (Å²) in [6.07, 6.45) is 3.39. The van der Waals surface area contributed by atoms with Crippen LogP contribution in [-0.2, 0) is 0 Å². The molecule has 0 radical (unpaired) electrons. The van der Waals surface area contributed by atoms with Gasteiger partial charge < -0.3 is 4.74 Å². The molecule has 0 fully saturated rings. The van der Waals surface area contributed by atoms with Crippen molar-refractivity contribution in [3.8, 4) is 5.75 Å². The van der Waals surface area contributed by atoms with Crippen LogP contribution in [0.3, 0.4) is 0 Å². The second-order valence-corrected chi connectivity index (χ2v) is 1.39. The van der Waals surface area contributed by atoms with E-state index in [1.165, 1.54) is 0 Å². The van der Waals surface area contributed by atoms with E-state index in [9.17, 15) is 0 Å². The smallest absolute Gasteiger partial charge is 0.121 e. The molecule has 0 spiro atoms. The number of methoxy groups -OCH3 is 1. The molecule has 0 aromatic carbocycles. The summed E-state index contributed by atoms with van der Waals surface area (Å²) in [5.74, 6) is 0.847. The zero-order valence-electron chi connectivity index (χ0n) is 6.66. The van der Waals surface area contributed by atoms with Crippen LogP contribution in [0, 0.1) is 0 Å². The zero-order chi connectivity index (χ0) is 7.82. The van der Waals surface area contributed by atoms with Crippen LogP contribution < -0.4 is 4.74 Å². The van der Waals surface area contributed by atoms with E-state index in [1.54, 1.807) is 31.6 Å². The van der Waals surface area contributed by atoms with Crippen LogP contribution in [0.4, 0.5) is 0 Å². The Morgan fingerprint density at radius 3 is 2.00 bits per heavy atom. The lowest BCUT2D eigenvalue weighted by Crippen LogP contribution is -1.80. The van der Waals surface area contributed by atoms with Gasteiger partial charge in [-0.25, -0.2) is 0 Å². The van der Waals surface area contributed by atoms with E-state index < -0.39 is 0 Å². The first-order chi connectivity index (χ1) is 4.93. The van der Waals surface area contributed by atoms with E-state index in [0.717, 1.165) is 5.75 Å². The fraction of sp³-hybridized carbons (Fsp3) is 0.375. The Hall–Kier alpha value is -1.05. The minimum atomic E-state index is 0.847. The maximum Gasteiger partial charge on any atom is 0.121 e. The van der Waals surface area contributed by atoms with Gasteiger partial charge in [-0.05, 0) is 12.1 Å². The fourth-order valence-corrected chi connectivity index (χ4v) is 0.474. The third kappa shape index (κ3) is 3.07. The van der Waals surface area contributed by atoms with Crippen molar-refractivity contribution in [2.45, 2.75) is 13.8 Å². The number of pyridine rings is 1. The Balaban J connectivity index is 0.000000371. The highest BCUT2D eigenvalue weighted by molar-refractivity contribution is 5.16. The van der Waals surface area contributed by atoms with Gasteiger partial charge in [0.05, 0.1) is 7.11 Å². The summed E-state index contributed by atoms with van der Waals surface area (Å²) in [4.78, 5) is 3.81. The van der Waals surface area contributed by atoms with Crippen LogP contribution in [-0.4, -0.2) is 12.1 Å². The molecule has 0 amide bonds. The van der Waals surface area contributed by atoms with Gasteiger partial charge in [0, 0.05) is 12.4 Å². The number of hydrogen-bond donors (Lipinski definition) is 0. The highest BCUT2D eigenvalue weighted by Gasteiger charge is 1.81. The number of aromatic nitrogens is 1. The van der Waals surface area contributed by atoms with Gasteiger partial charge in [0.15, 0.2) is 0 Å². The third-order valence-electron chi connectivity index (χ3n) is 0.885. The summed E-state index contributed by atoms with van der Waals surface area (Å²) >= 11 is 0. The highest BCUT2D eigenvalue weighted by atomic mass is 16.5. The van der Waals surface area contributed by atoms with Crippen LogP contribution in [0.1, 0.15) is 13.8 Å². The molecule has 10 heavy (non-hydrogen) atoms. The van der Waals surface area contributed by atoms with E-state index in [-0.39, 0.29) is 0 Å². The van der Waals surface area contributed by atoms with Gasteiger partial charge in [0.2, 0.25) is 0 Å². The van der Waals surface area contributed by atoms with E-state index >= 15 is 0 Å². The van der Waals surface area contributed by atoms with Crippen molar-refractivity contribution >= 4 is 0 Å². The Morgan fingerprint density at radius 1 is 1.20 bits per heavy atom. The van der Waals surface area contributed by atoms with Crippen molar-refractivity contribution in [1.29, 1.82) is 0 Å². The topological polar surface area (TPSA) is 22.1 Å². The molecule has 0 N–H and O–H groups in total. The molecule has 1 heterocycles. The molecule has 0 atom stereocenters. The Kier molecular flexibility index (Phi) is 5.44. The molecule has 2 heteroatoms. The summed E-state index contributed by atoms with van der Waals surface area (Å²) in [5.41, 5.74) is 0. The van der Waals surface area contributed by atoms with Crippen molar-refractivity contribution in [3.63, 3.8) is 0 Å². The van der Waals surface area contributed by atoms with Crippen molar-refractivity contribution in [3.05, 3.63) is 24.5 Å². The molecule has 1 aromatic rings. The number of ether oxygens (including phenoxy) is 1. The van der Waals surface area contributed by atoms with Crippen LogP contribution in [0.5, 0.6) is 5.75 Å².